The Kier molecular flexibility index (Phi) is 9.92. The first-order chi connectivity index (χ1) is 18.8. The molecule has 1 fully saturated rings. The van der Waals surface area contributed by atoms with Crippen molar-refractivity contribution in [3.63, 3.8) is 0 Å². The number of carbonyl (C=O) groups excluding carboxylic acids is 2. The zero-order valence-electron chi connectivity index (χ0n) is 26.0. The number of carbonyl (C=O) groups is 2. The van der Waals surface area contributed by atoms with Crippen molar-refractivity contribution in [2.24, 2.45) is 11.3 Å². The molecule has 0 aromatic heterocycles. The summed E-state index contributed by atoms with van der Waals surface area (Å²) in [4.78, 5) is 27.5. The van der Waals surface area contributed by atoms with Crippen molar-refractivity contribution >= 4 is 17.8 Å². The van der Waals surface area contributed by atoms with Crippen molar-refractivity contribution in [1.82, 2.24) is 4.90 Å². The third-order valence-electron chi connectivity index (χ3n) is 9.34. The minimum Gasteiger partial charge on any atom is -0.507 e. The Labute approximate surface area is 241 Å². The van der Waals surface area contributed by atoms with Gasteiger partial charge >= 0.3 is 0 Å². The molecule has 1 aliphatic rings. The second kappa shape index (κ2) is 12.6. The number of phenolic OH excluding ortho intramolecular Hbond substituents is 1. The minimum atomic E-state index is -0.396. The van der Waals surface area contributed by atoms with E-state index in [2.05, 4.69) is 39.8 Å². The van der Waals surface area contributed by atoms with Gasteiger partial charge in [-0.25, -0.2) is 0 Å². The molecule has 5 heteroatoms. The number of benzene rings is 2. The largest absolute Gasteiger partial charge is 0.507 e. The van der Waals surface area contributed by atoms with Gasteiger partial charge in [0.25, 0.3) is 0 Å². The third kappa shape index (κ3) is 6.45. The molecule has 1 N–H and O–H groups in total. The molecule has 0 spiro atoms. The van der Waals surface area contributed by atoms with Gasteiger partial charge in [-0.15, -0.1) is 0 Å². The topological polar surface area (TPSA) is 66.8 Å². The molecule has 3 rings (SSSR count). The van der Waals surface area contributed by atoms with E-state index < -0.39 is 6.10 Å². The molecule has 0 aliphatic heterocycles. The number of hydrogen-bond donors (Lipinski definition) is 1. The Hall–Kier alpha value is -3.08. The van der Waals surface area contributed by atoms with E-state index in [1.165, 1.54) is 5.56 Å². The fourth-order valence-corrected chi connectivity index (χ4v) is 5.91. The number of ketones is 1. The van der Waals surface area contributed by atoms with Gasteiger partial charge in [0.05, 0.1) is 0 Å². The molecule has 0 bridgehead atoms. The van der Waals surface area contributed by atoms with Crippen LogP contribution in [0.1, 0.15) is 103 Å². The molecule has 218 valence electrons. The van der Waals surface area contributed by atoms with Crippen molar-refractivity contribution in [2.45, 2.75) is 105 Å². The smallest absolute Gasteiger partial charge is 0.246 e. The predicted octanol–water partition coefficient (Wildman–Crippen LogP) is 7.85. The Morgan fingerprint density at radius 3 is 2.35 bits per heavy atom. The fraction of sp³-hybridized carbons (Fsp3) is 0.543. The van der Waals surface area contributed by atoms with Gasteiger partial charge in [0.1, 0.15) is 11.5 Å². The lowest BCUT2D eigenvalue weighted by Crippen LogP contribution is -2.42. The van der Waals surface area contributed by atoms with Crippen molar-refractivity contribution in [3.05, 3.63) is 64.7 Å². The van der Waals surface area contributed by atoms with Crippen LogP contribution in [0.5, 0.6) is 11.5 Å². The van der Waals surface area contributed by atoms with Crippen molar-refractivity contribution in [1.29, 1.82) is 0 Å². The van der Waals surface area contributed by atoms with Gasteiger partial charge < -0.3 is 14.7 Å². The summed E-state index contributed by atoms with van der Waals surface area (Å²) >= 11 is 0. The molecular weight excluding hydrogens is 498 g/mol. The van der Waals surface area contributed by atoms with Crippen LogP contribution in [-0.2, 0) is 15.0 Å². The summed E-state index contributed by atoms with van der Waals surface area (Å²) in [5.74, 6) is 1.35. The number of phenols is 1. The van der Waals surface area contributed by atoms with Gasteiger partial charge in [-0.1, -0.05) is 59.7 Å². The first-order valence-corrected chi connectivity index (χ1v) is 14.9. The average Bonchev–Trinajstić information content (AvgIpc) is 2.92. The van der Waals surface area contributed by atoms with E-state index in [9.17, 15) is 14.7 Å². The SMILES string of the molecule is CCC(CC)(c1ccc(OC2CCCC(C)(C)C2=O)c(C)c1)c1ccc(O)c(/C=C/C(=O)N(C)C(C)C(C)C)c1. The Balaban J connectivity index is 1.92. The number of nitrogens with zero attached hydrogens (tertiary/aromatic N) is 1. The maximum Gasteiger partial charge on any atom is 0.246 e. The van der Waals surface area contributed by atoms with Crippen LogP contribution in [-0.4, -0.2) is 40.9 Å². The summed E-state index contributed by atoms with van der Waals surface area (Å²) < 4.78 is 6.29. The van der Waals surface area contributed by atoms with Crippen molar-refractivity contribution in [3.8, 4) is 11.5 Å². The van der Waals surface area contributed by atoms with Gasteiger partial charge in [0, 0.05) is 35.6 Å². The van der Waals surface area contributed by atoms with Crippen LogP contribution in [0.4, 0.5) is 0 Å². The second-order valence-electron chi connectivity index (χ2n) is 12.6. The van der Waals surface area contributed by atoms with Crippen molar-refractivity contribution < 1.29 is 19.4 Å². The second-order valence-corrected chi connectivity index (χ2v) is 12.6. The molecular formula is C35H49NO4. The van der Waals surface area contributed by atoms with E-state index in [0.29, 0.717) is 11.5 Å². The molecule has 1 saturated carbocycles. The summed E-state index contributed by atoms with van der Waals surface area (Å²) in [7, 11) is 1.81. The monoisotopic (exact) mass is 547 g/mol. The van der Waals surface area contributed by atoms with Crippen LogP contribution < -0.4 is 4.74 Å². The number of hydrogen-bond acceptors (Lipinski definition) is 4. The summed E-state index contributed by atoms with van der Waals surface area (Å²) in [6.45, 7) is 16.7. The number of amides is 1. The standard InChI is InChI=1S/C35H49NO4/c1-10-35(11-2,27-16-18-30(24(5)21-27)40-31-13-12-20-34(7,8)33(31)39)28-15-17-29(37)26(22-28)14-19-32(38)36(9)25(6)23(3)4/h14-19,21-23,25,31,37H,10-13,20H2,1-9H3/b19-14+. The highest BCUT2D eigenvalue weighted by molar-refractivity contribution is 5.92. The third-order valence-corrected chi connectivity index (χ3v) is 9.34. The van der Waals surface area contributed by atoms with E-state index in [1.807, 2.05) is 52.9 Å². The van der Waals surface area contributed by atoms with Crippen LogP contribution in [0.3, 0.4) is 0 Å². The van der Waals surface area contributed by atoms with E-state index in [0.717, 1.165) is 49.0 Å². The molecule has 1 aliphatic carbocycles. The number of rotatable bonds is 10. The Morgan fingerprint density at radius 2 is 1.75 bits per heavy atom. The molecule has 0 heterocycles. The van der Waals surface area contributed by atoms with E-state index in [4.69, 9.17) is 4.74 Å². The highest BCUT2D eigenvalue weighted by Gasteiger charge is 2.39. The maximum atomic E-state index is 12.9. The van der Waals surface area contributed by atoms with Crippen molar-refractivity contribution in [2.75, 3.05) is 7.05 Å². The predicted molar refractivity (Wildman–Crippen MR) is 164 cm³/mol. The molecule has 2 aromatic rings. The molecule has 1 amide bonds. The maximum absolute atomic E-state index is 12.9. The van der Waals surface area contributed by atoms with Gasteiger partial charge in [-0.05, 0) is 92.8 Å². The first-order valence-electron chi connectivity index (χ1n) is 14.9. The Bertz CT molecular complexity index is 1240. The number of likely N-dealkylation sites (N-methyl/N-ethyl adjacent to an activating group) is 1. The number of ether oxygens (including phenoxy) is 1. The van der Waals surface area contributed by atoms with Crippen LogP contribution >= 0.6 is 0 Å². The van der Waals surface area contributed by atoms with Gasteiger partial charge in [-0.3, -0.25) is 9.59 Å². The zero-order valence-corrected chi connectivity index (χ0v) is 26.0. The van der Waals surface area contributed by atoms with Gasteiger partial charge in [0.15, 0.2) is 11.9 Å². The Morgan fingerprint density at radius 1 is 1.12 bits per heavy atom. The lowest BCUT2D eigenvalue weighted by molar-refractivity contribution is -0.137. The van der Waals surface area contributed by atoms with E-state index in [-0.39, 0.29) is 34.3 Å². The average molecular weight is 548 g/mol. The molecule has 2 atom stereocenters. The highest BCUT2D eigenvalue weighted by atomic mass is 16.5. The lowest BCUT2D eigenvalue weighted by Gasteiger charge is -2.35. The summed E-state index contributed by atoms with van der Waals surface area (Å²) in [6.07, 6.45) is 7.24. The van der Waals surface area contributed by atoms with Crippen LogP contribution in [0.2, 0.25) is 0 Å². The van der Waals surface area contributed by atoms with Gasteiger partial charge in [-0.2, -0.15) is 0 Å². The van der Waals surface area contributed by atoms with Crippen LogP contribution in [0.25, 0.3) is 6.08 Å². The van der Waals surface area contributed by atoms with E-state index >= 15 is 0 Å². The normalized spacial score (nSPS) is 18.2. The zero-order chi connectivity index (χ0) is 29.8. The molecule has 0 radical (unpaired) electrons. The quantitative estimate of drug-likeness (QED) is 0.308. The lowest BCUT2D eigenvalue weighted by atomic mass is 9.70. The summed E-state index contributed by atoms with van der Waals surface area (Å²) in [6, 6.07) is 12.1. The number of Topliss-reactive ketones (excluding diaryl/α,β-unsaturated/α-hetero) is 1. The summed E-state index contributed by atoms with van der Waals surface area (Å²) in [5, 5.41) is 10.6. The molecule has 2 aromatic carbocycles. The minimum absolute atomic E-state index is 0.0886. The molecule has 0 saturated heterocycles. The molecule has 2 unspecified atom stereocenters. The van der Waals surface area contributed by atoms with Crippen LogP contribution in [0.15, 0.2) is 42.5 Å². The molecule has 40 heavy (non-hydrogen) atoms. The summed E-state index contributed by atoms with van der Waals surface area (Å²) in [5.41, 5.74) is 3.26. The fourth-order valence-electron chi connectivity index (χ4n) is 5.91. The van der Waals surface area contributed by atoms with Gasteiger partial charge in [0.2, 0.25) is 5.91 Å². The first kappa shape index (κ1) is 31.4. The number of aryl methyl sites for hydroxylation is 1. The van der Waals surface area contributed by atoms with Crippen LogP contribution in [0, 0.1) is 18.3 Å². The molecule has 5 nitrogen and oxygen atoms in total. The number of aromatic hydroxyl groups is 1. The van der Waals surface area contributed by atoms with E-state index in [1.54, 1.807) is 23.1 Å². The highest BCUT2D eigenvalue weighted by Crippen LogP contribution is 2.42.